The molecule has 0 radical (unpaired) electrons. The molecule has 2 aromatic carbocycles. The van der Waals surface area contributed by atoms with Crippen LogP contribution in [0.5, 0.6) is 5.75 Å². The van der Waals surface area contributed by atoms with Gasteiger partial charge < -0.3 is 10.5 Å². The Morgan fingerprint density at radius 3 is 2.25 bits per heavy atom. The zero-order valence-corrected chi connectivity index (χ0v) is 12.6. The molecule has 2 N–H and O–H groups in total. The largest absolute Gasteiger partial charge is 0.492 e. The van der Waals surface area contributed by atoms with Gasteiger partial charge in [0, 0.05) is 17.2 Å². The van der Waals surface area contributed by atoms with E-state index in [1.807, 2.05) is 0 Å². The molecule has 3 rings (SSSR count). The van der Waals surface area contributed by atoms with Crippen LogP contribution in [-0.4, -0.2) is 6.61 Å². The second-order valence-corrected chi connectivity index (χ2v) is 5.81. The van der Waals surface area contributed by atoms with Crippen molar-refractivity contribution in [2.24, 2.45) is 0 Å². The number of hydrogen-bond donors (Lipinski definition) is 1. The normalized spacial score (nSPS) is 16.9. The highest BCUT2D eigenvalue weighted by Crippen LogP contribution is 2.45. The summed E-state index contributed by atoms with van der Waals surface area (Å²) >= 11 is 0. The fourth-order valence-electron chi connectivity index (χ4n) is 3.09. The average Bonchev–Trinajstić information content (AvgIpc) is 2.88. The molecule has 1 atom stereocenters. The third-order valence-corrected chi connectivity index (χ3v) is 4.58. The van der Waals surface area contributed by atoms with E-state index in [-0.39, 0.29) is 0 Å². The first-order valence-corrected chi connectivity index (χ1v) is 7.09. The van der Waals surface area contributed by atoms with Crippen molar-refractivity contribution in [1.82, 2.24) is 0 Å². The summed E-state index contributed by atoms with van der Waals surface area (Å²) < 4.78 is 5.99. The van der Waals surface area contributed by atoms with E-state index in [2.05, 4.69) is 52.0 Å². The predicted molar refractivity (Wildman–Crippen MR) is 83.6 cm³/mol. The summed E-state index contributed by atoms with van der Waals surface area (Å²) in [4.78, 5) is 0. The number of rotatable bonds is 1. The standard InChI is InChI=1S/C18H21NO/c1-10-5-7-14(8-6-10)15-9-20-18-12(3)11(2)17(19)13(4)16(15)18/h5-8,15H,9,19H2,1-4H3. The maximum atomic E-state index is 6.26. The monoisotopic (exact) mass is 267 g/mol. The minimum absolute atomic E-state index is 0.298. The number of nitrogen functional groups attached to an aromatic ring is 1. The van der Waals surface area contributed by atoms with E-state index in [1.54, 1.807) is 0 Å². The minimum atomic E-state index is 0.298. The molecule has 104 valence electrons. The van der Waals surface area contributed by atoms with Crippen LogP contribution in [0.3, 0.4) is 0 Å². The maximum absolute atomic E-state index is 6.26. The lowest BCUT2D eigenvalue weighted by Crippen LogP contribution is -2.05. The molecule has 0 aliphatic carbocycles. The van der Waals surface area contributed by atoms with E-state index in [1.165, 1.54) is 27.8 Å². The van der Waals surface area contributed by atoms with E-state index in [0.29, 0.717) is 12.5 Å². The van der Waals surface area contributed by atoms with Crippen molar-refractivity contribution in [1.29, 1.82) is 0 Å². The third kappa shape index (κ3) is 1.79. The van der Waals surface area contributed by atoms with Gasteiger partial charge in [-0.05, 0) is 49.9 Å². The number of ether oxygens (including phenoxy) is 1. The van der Waals surface area contributed by atoms with Crippen LogP contribution in [0.2, 0.25) is 0 Å². The number of nitrogens with two attached hydrogens (primary N) is 1. The topological polar surface area (TPSA) is 35.2 Å². The van der Waals surface area contributed by atoms with Gasteiger partial charge in [-0.15, -0.1) is 0 Å². The van der Waals surface area contributed by atoms with Crippen LogP contribution in [0, 0.1) is 27.7 Å². The van der Waals surface area contributed by atoms with E-state index < -0.39 is 0 Å². The van der Waals surface area contributed by atoms with Gasteiger partial charge in [-0.1, -0.05) is 29.8 Å². The quantitative estimate of drug-likeness (QED) is 0.792. The van der Waals surface area contributed by atoms with Gasteiger partial charge in [0.2, 0.25) is 0 Å². The van der Waals surface area contributed by atoms with Gasteiger partial charge in [0.1, 0.15) is 5.75 Å². The smallest absolute Gasteiger partial charge is 0.126 e. The Morgan fingerprint density at radius 1 is 0.950 bits per heavy atom. The van der Waals surface area contributed by atoms with Crippen LogP contribution in [0.1, 0.15) is 39.3 Å². The van der Waals surface area contributed by atoms with Gasteiger partial charge in [-0.25, -0.2) is 0 Å². The van der Waals surface area contributed by atoms with E-state index in [9.17, 15) is 0 Å². The van der Waals surface area contributed by atoms with Crippen molar-refractivity contribution < 1.29 is 4.74 Å². The molecular weight excluding hydrogens is 246 g/mol. The van der Waals surface area contributed by atoms with Crippen LogP contribution in [-0.2, 0) is 0 Å². The third-order valence-electron chi connectivity index (χ3n) is 4.58. The summed E-state index contributed by atoms with van der Waals surface area (Å²) in [6.07, 6.45) is 0. The van der Waals surface area contributed by atoms with Gasteiger partial charge in [0.25, 0.3) is 0 Å². The number of aryl methyl sites for hydroxylation is 1. The summed E-state index contributed by atoms with van der Waals surface area (Å²) in [7, 11) is 0. The molecule has 1 aliphatic rings. The molecule has 0 bridgehead atoms. The summed E-state index contributed by atoms with van der Waals surface area (Å²) in [5.74, 6) is 1.34. The summed E-state index contributed by atoms with van der Waals surface area (Å²) in [6, 6.07) is 8.71. The Labute approximate surface area is 120 Å². The fraction of sp³-hybridized carbons (Fsp3) is 0.333. The second-order valence-electron chi connectivity index (χ2n) is 5.81. The number of benzene rings is 2. The first-order valence-electron chi connectivity index (χ1n) is 7.09. The van der Waals surface area contributed by atoms with Gasteiger partial charge in [-0.2, -0.15) is 0 Å². The van der Waals surface area contributed by atoms with Gasteiger partial charge >= 0.3 is 0 Å². The van der Waals surface area contributed by atoms with Crippen LogP contribution in [0.25, 0.3) is 0 Å². The van der Waals surface area contributed by atoms with Crippen molar-refractivity contribution in [2.75, 3.05) is 12.3 Å². The lowest BCUT2D eigenvalue weighted by Gasteiger charge is -2.17. The van der Waals surface area contributed by atoms with Crippen LogP contribution in [0.4, 0.5) is 5.69 Å². The van der Waals surface area contributed by atoms with Crippen molar-refractivity contribution in [3.05, 3.63) is 57.6 Å². The number of fused-ring (bicyclic) bond motifs is 1. The summed E-state index contributed by atoms with van der Waals surface area (Å²) in [6.45, 7) is 9.10. The molecule has 2 nitrogen and oxygen atoms in total. The van der Waals surface area contributed by atoms with E-state index in [4.69, 9.17) is 10.5 Å². The first kappa shape index (κ1) is 13.0. The molecular formula is C18H21NO. The van der Waals surface area contributed by atoms with Crippen molar-refractivity contribution in [3.63, 3.8) is 0 Å². The van der Waals surface area contributed by atoms with Crippen LogP contribution < -0.4 is 10.5 Å². The van der Waals surface area contributed by atoms with Gasteiger partial charge in [-0.3, -0.25) is 0 Å². The maximum Gasteiger partial charge on any atom is 0.126 e. The average molecular weight is 267 g/mol. The minimum Gasteiger partial charge on any atom is -0.492 e. The number of anilines is 1. The highest BCUT2D eigenvalue weighted by Gasteiger charge is 2.31. The van der Waals surface area contributed by atoms with E-state index in [0.717, 1.165) is 17.0 Å². The Kier molecular flexibility index (Phi) is 2.97. The number of hydrogen-bond acceptors (Lipinski definition) is 2. The van der Waals surface area contributed by atoms with Crippen molar-refractivity contribution in [3.8, 4) is 5.75 Å². The highest BCUT2D eigenvalue weighted by atomic mass is 16.5. The van der Waals surface area contributed by atoms with Gasteiger partial charge in [0.15, 0.2) is 0 Å². The van der Waals surface area contributed by atoms with Crippen molar-refractivity contribution >= 4 is 5.69 Å². The molecule has 0 amide bonds. The molecule has 1 heterocycles. The molecule has 2 aromatic rings. The van der Waals surface area contributed by atoms with Crippen LogP contribution >= 0.6 is 0 Å². The Balaban J connectivity index is 2.17. The molecule has 0 spiro atoms. The molecule has 0 saturated heterocycles. The van der Waals surface area contributed by atoms with Gasteiger partial charge in [0.05, 0.1) is 6.61 Å². The Bertz CT molecular complexity index is 671. The highest BCUT2D eigenvalue weighted by molar-refractivity contribution is 5.68. The lowest BCUT2D eigenvalue weighted by molar-refractivity contribution is 0.341. The Hall–Kier alpha value is -1.96. The summed E-state index contributed by atoms with van der Waals surface area (Å²) in [5.41, 5.74) is 14.5. The van der Waals surface area contributed by atoms with Crippen molar-refractivity contribution in [2.45, 2.75) is 33.6 Å². The summed E-state index contributed by atoms with van der Waals surface area (Å²) in [5, 5.41) is 0. The SMILES string of the molecule is Cc1ccc(C2COc3c(C)c(C)c(N)c(C)c32)cc1. The molecule has 0 aromatic heterocycles. The first-order chi connectivity index (χ1) is 9.50. The van der Waals surface area contributed by atoms with E-state index >= 15 is 0 Å². The molecule has 0 fully saturated rings. The zero-order chi connectivity index (χ0) is 14.4. The molecule has 0 saturated carbocycles. The lowest BCUT2D eigenvalue weighted by atomic mass is 9.86. The molecule has 2 heteroatoms. The zero-order valence-electron chi connectivity index (χ0n) is 12.6. The second kappa shape index (κ2) is 4.55. The van der Waals surface area contributed by atoms with Crippen LogP contribution in [0.15, 0.2) is 24.3 Å². The Morgan fingerprint density at radius 2 is 1.60 bits per heavy atom. The fourth-order valence-corrected chi connectivity index (χ4v) is 3.09. The molecule has 1 unspecified atom stereocenters. The molecule has 1 aliphatic heterocycles. The predicted octanol–water partition coefficient (Wildman–Crippen LogP) is 4.03. The molecule has 20 heavy (non-hydrogen) atoms.